The highest BCUT2D eigenvalue weighted by Crippen LogP contribution is 2.32. The summed E-state index contributed by atoms with van der Waals surface area (Å²) >= 11 is 0. The minimum atomic E-state index is -0.115. The third-order valence-electron chi connectivity index (χ3n) is 4.88. The van der Waals surface area contributed by atoms with Crippen LogP contribution < -0.4 is 24.3 Å². The molecule has 7 nitrogen and oxygen atoms in total. The molecular weight excluding hydrogens is 372 g/mol. The van der Waals surface area contributed by atoms with Crippen LogP contribution in [0.25, 0.3) is 0 Å². The molecular formula is C22H26N2O5. The SMILES string of the molecule is CCN(CC(=O)Nc1ccc2c(c1)OCCCO2)CC1COc2ccccc2O1. The van der Waals surface area contributed by atoms with Gasteiger partial charge in [0.25, 0.3) is 0 Å². The maximum absolute atomic E-state index is 12.6. The summed E-state index contributed by atoms with van der Waals surface area (Å²) in [6.45, 7) is 5.36. The van der Waals surface area contributed by atoms with Crippen LogP contribution in [0.1, 0.15) is 13.3 Å². The lowest BCUT2D eigenvalue weighted by molar-refractivity contribution is -0.117. The van der Waals surface area contributed by atoms with Gasteiger partial charge in [0.1, 0.15) is 12.7 Å². The van der Waals surface area contributed by atoms with Crippen molar-refractivity contribution >= 4 is 11.6 Å². The van der Waals surface area contributed by atoms with Crippen molar-refractivity contribution in [2.24, 2.45) is 0 Å². The Hall–Kier alpha value is -2.93. The van der Waals surface area contributed by atoms with Crippen LogP contribution in [-0.2, 0) is 4.79 Å². The Labute approximate surface area is 170 Å². The first-order chi connectivity index (χ1) is 14.2. The highest BCUT2D eigenvalue weighted by atomic mass is 16.6. The van der Waals surface area contributed by atoms with Crippen molar-refractivity contribution in [2.45, 2.75) is 19.4 Å². The van der Waals surface area contributed by atoms with Gasteiger partial charge in [-0.2, -0.15) is 0 Å². The van der Waals surface area contributed by atoms with Gasteiger partial charge in [-0.3, -0.25) is 9.69 Å². The second-order valence-corrected chi connectivity index (χ2v) is 7.09. The smallest absolute Gasteiger partial charge is 0.238 e. The number of para-hydroxylation sites is 2. The summed E-state index contributed by atoms with van der Waals surface area (Å²) in [4.78, 5) is 14.6. The van der Waals surface area contributed by atoms with Crippen molar-refractivity contribution in [3.63, 3.8) is 0 Å². The third-order valence-corrected chi connectivity index (χ3v) is 4.88. The molecule has 0 aromatic heterocycles. The molecule has 0 aliphatic carbocycles. The van der Waals surface area contributed by atoms with Crippen LogP contribution in [-0.4, -0.2) is 56.4 Å². The van der Waals surface area contributed by atoms with Gasteiger partial charge in [-0.15, -0.1) is 0 Å². The Bertz CT molecular complexity index is 857. The predicted molar refractivity (Wildman–Crippen MR) is 109 cm³/mol. The standard InChI is InChI=1S/C22H26N2O5/c1-2-24(13-17-15-28-18-6-3-4-7-20(18)29-17)14-22(25)23-16-8-9-19-21(12-16)27-11-5-10-26-19/h3-4,6-9,12,17H,2,5,10-11,13-15H2,1H3,(H,23,25). The van der Waals surface area contributed by atoms with Crippen LogP contribution in [0.2, 0.25) is 0 Å². The van der Waals surface area contributed by atoms with E-state index in [9.17, 15) is 4.79 Å². The van der Waals surface area contributed by atoms with Gasteiger partial charge in [-0.05, 0) is 30.8 Å². The molecule has 0 fully saturated rings. The molecule has 4 rings (SSSR count). The number of fused-ring (bicyclic) bond motifs is 2. The fraction of sp³-hybridized carbons (Fsp3) is 0.409. The Kier molecular flexibility index (Phi) is 6.05. The first-order valence-corrected chi connectivity index (χ1v) is 10.0. The summed E-state index contributed by atoms with van der Waals surface area (Å²) in [6, 6.07) is 13.1. The van der Waals surface area contributed by atoms with Gasteiger partial charge < -0.3 is 24.3 Å². The molecule has 0 saturated carbocycles. The Morgan fingerprint density at radius 1 is 1.03 bits per heavy atom. The summed E-state index contributed by atoms with van der Waals surface area (Å²) in [5.74, 6) is 2.80. The first kappa shape index (κ1) is 19.4. The van der Waals surface area contributed by atoms with Crippen LogP contribution in [0.5, 0.6) is 23.0 Å². The molecule has 154 valence electrons. The number of likely N-dealkylation sites (N-methyl/N-ethyl adjacent to an activating group) is 1. The molecule has 0 spiro atoms. The van der Waals surface area contributed by atoms with E-state index in [0.717, 1.165) is 24.5 Å². The first-order valence-electron chi connectivity index (χ1n) is 10.0. The fourth-order valence-corrected chi connectivity index (χ4v) is 3.39. The average molecular weight is 398 g/mol. The average Bonchev–Trinajstić information content (AvgIpc) is 2.98. The Morgan fingerprint density at radius 3 is 2.62 bits per heavy atom. The zero-order chi connectivity index (χ0) is 20.1. The van der Waals surface area contributed by atoms with E-state index in [4.69, 9.17) is 18.9 Å². The molecule has 0 bridgehead atoms. The number of amides is 1. The Morgan fingerprint density at radius 2 is 1.79 bits per heavy atom. The summed E-state index contributed by atoms with van der Waals surface area (Å²) in [6.07, 6.45) is 0.731. The second-order valence-electron chi connectivity index (χ2n) is 7.09. The normalized spacial score (nSPS) is 17.5. The van der Waals surface area contributed by atoms with Crippen molar-refractivity contribution in [2.75, 3.05) is 44.8 Å². The molecule has 29 heavy (non-hydrogen) atoms. The van der Waals surface area contributed by atoms with Crippen molar-refractivity contribution in [1.82, 2.24) is 4.90 Å². The third kappa shape index (κ3) is 4.92. The highest BCUT2D eigenvalue weighted by Gasteiger charge is 2.23. The lowest BCUT2D eigenvalue weighted by atomic mass is 10.2. The number of hydrogen-bond donors (Lipinski definition) is 1. The van der Waals surface area contributed by atoms with Crippen LogP contribution in [0.3, 0.4) is 0 Å². The second kappa shape index (κ2) is 9.05. The van der Waals surface area contributed by atoms with Crippen LogP contribution in [0.4, 0.5) is 5.69 Å². The van der Waals surface area contributed by atoms with Gasteiger partial charge in [0.15, 0.2) is 23.0 Å². The van der Waals surface area contributed by atoms with Gasteiger partial charge in [0.05, 0.1) is 19.8 Å². The number of nitrogens with zero attached hydrogens (tertiary/aromatic N) is 1. The van der Waals surface area contributed by atoms with E-state index in [0.29, 0.717) is 43.6 Å². The van der Waals surface area contributed by atoms with E-state index >= 15 is 0 Å². The number of ether oxygens (including phenoxy) is 4. The maximum atomic E-state index is 12.6. The minimum absolute atomic E-state index is 0.0848. The maximum Gasteiger partial charge on any atom is 0.238 e. The lowest BCUT2D eigenvalue weighted by Gasteiger charge is -2.30. The molecule has 2 heterocycles. The molecule has 2 aromatic carbocycles. The van der Waals surface area contributed by atoms with Crippen molar-refractivity contribution in [1.29, 1.82) is 0 Å². The summed E-state index contributed by atoms with van der Waals surface area (Å²) in [5, 5.41) is 2.94. The van der Waals surface area contributed by atoms with Gasteiger partial charge in [-0.25, -0.2) is 0 Å². The molecule has 1 atom stereocenters. The number of carbonyl (C=O) groups excluding carboxylic acids is 1. The fourth-order valence-electron chi connectivity index (χ4n) is 3.39. The zero-order valence-corrected chi connectivity index (χ0v) is 16.6. The molecule has 0 radical (unpaired) electrons. The zero-order valence-electron chi connectivity index (χ0n) is 16.6. The molecule has 1 N–H and O–H groups in total. The van der Waals surface area contributed by atoms with Crippen LogP contribution >= 0.6 is 0 Å². The predicted octanol–water partition coefficient (Wildman–Crippen LogP) is 2.95. The molecule has 2 aliphatic heterocycles. The number of benzene rings is 2. The summed E-state index contributed by atoms with van der Waals surface area (Å²) in [5.41, 5.74) is 0.696. The summed E-state index contributed by atoms with van der Waals surface area (Å²) in [7, 11) is 0. The number of nitrogens with one attached hydrogen (secondary N) is 1. The van der Waals surface area contributed by atoms with Gasteiger partial charge in [0.2, 0.25) is 5.91 Å². The lowest BCUT2D eigenvalue weighted by Crippen LogP contribution is -2.43. The van der Waals surface area contributed by atoms with Crippen molar-refractivity contribution < 1.29 is 23.7 Å². The Balaban J connectivity index is 1.32. The minimum Gasteiger partial charge on any atom is -0.490 e. The van der Waals surface area contributed by atoms with E-state index in [-0.39, 0.29) is 18.6 Å². The number of hydrogen-bond acceptors (Lipinski definition) is 6. The number of anilines is 1. The van der Waals surface area contributed by atoms with E-state index in [1.54, 1.807) is 0 Å². The highest BCUT2D eigenvalue weighted by molar-refractivity contribution is 5.92. The molecule has 0 saturated heterocycles. The number of rotatable bonds is 6. The molecule has 2 aromatic rings. The van der Waals surface area contributed by atoms with Crippen LogP contribution in [0, 0.1) is 0 Å². The molecule has 7 heteroatoms. The van der Waals surface area contributed by atoms with E-state index in [2.05, 4.69) is 5.32 Å². The van der Waals surface area contributed by atoms with Gasteiger partial charge in [-0.1, -0.05) is 19.1 Å². The molecule has 1 unspecified atom stereocenters. The largest absolute Gasteiger partial charge is 0.490 e. The van der Waals surface area contributed by atoms with Gasteiger partial charge >= 0.3 is 0 Å². The van der Waals surface area contributed by atoms with Crippen molar-refractivity contribution in [3.05, 3.63) is 42.5 Å². The van der Waals surface area contributed by atoms with Gasteiger partial charge in [0, 0.05) is 24.7 Å². The van der Waals surface area contributed by atoms with E-state index in [1.807, 2.05) is 54.3 Å². The molecule has 1 amide bonds. The van der Waals surface area contributed by atoms with Crippen LogP contribution in [0.15, 0.2) is 42.5 Å². The van der Waals surface area contributed by atoms with E-state index < -0.39 is 0 Å². The molecule has 2 aliphatic rings. The quantitative estimate of drug-likeness (QED) is 0.807. The number of carbonyl (C=O) groups is 1. The monoisotopic (exact) mass is 398 g/mol. The summed E-state index contributed by atoms with van der Waals surface area (Å²) < 4.78 is 23.1. The van der Waals surface area contributed by atoms with E-state index in [1.165, 1.54) is 0 Å². The topological polar surface area (TPSA) is 69.3 Å². The van der Waals surface area contributed by atoms with Crippen molar-refractivity contribution in [3.8, 4) is 23.0 Å².